The molecule has 0 saturated carbocycles. The number of rotatable bonds is 3. The van der Waals surface area contributed by atoms with Crippen LogP contribution in [-0.2, 0) is 4.74 Å². The van der Waals surface area contributed by atoms with Crippen molar-refractivity contribution in [3.63, 3.8) is 0 Å². The van der Waals surface area contributed by atoms with Crippen molar-refractivity contribution in [2.45, 2.75) is 24.5 Å². The van der Waals surface area contributed by atoms with Crippen molar-refractivity contribution in [3.8, 4) is 5.75 Å². The van der Waals surface area contributed by atoms with Gasteiger partial charge in [0.05, 0.1) is 16.1 Å². The topological polar surface area (TPSA) is 61.8 Å². The summed E-state index contributed by atoms with van der Waals surface area (Å²) in [4.78, 5) is 13.6. The molecule has 0 bridgehead atoms. The van der Waals surface area contributed by atoms with Crippen LogP contribution in [-0.4, -0.2) is 48.4 Å². The van der Waals surface area contributed by atoms with Crippen LogP contribution in [0, 0.1) is 0 Å². The van der Waals surface area contributed by atoms with Crippen LogP contribution in [0.15, 0.2) is 12.1 Å². The Kier molecular flexibility index (Phi) is 3.90. The Labute approximate surface area is 132 Å². The highest BCUT2D eigenvalue weighted by molar-refractivity contribution is 6.42. The van der Waals surface area contributed by atoms with Crippen molar-refractivity contribution in [1.29, 1.82) is 0 Å². The molecule has 2 N–H and O–H groups in total. The number of ether oxygens (including phenoxy) is 1. The number of fused-ring (bicyclic) bond motifs is 1. The fourth-order valence-corrected chi connectivity index (χ4v) is 3.72. The van der Waals surface area contributed by atoms with Gasteiger partial charge in [0, 0.05) is 24.6 Å². The zero-order valence-electron chi connectivity index (χ0n) is 11.5. The van der Waals surface area contributed by atoms with Gasteiger partial charge in [0.2, 0.25) is 0 Å². The van der Waals surface area contributed by atoms with E-state index in [1.807, 2.05) is 7.05 Å². The zero-order chi connectivity index (χ0) is 15.1. The summed E-state index contributed by atoms with van der Waals surface area (Å²) in [6, 6.07) is 3.11. The summed E-state index contributed by atoms with van der Waals surface area (Å²) in [5.41, 5.74) is 0.620. The van der Waals surface area contributed by atoms with E-state index in [4.69, 9.17) is 27.9 Å². The number of nitrogens with zero attached hydrogens (tertiary/aromatic N) is 1. The number of carbonyl (C=O) groups is 1. The number of likely N-dealkylation sites (N-methyl/N-ethyl adjacent to an activating group) is 1. The monoisotopic (exact) mass is 330 g/mol. The molecule has 2 saturated heterocycles. The lowest BCUT2D eigenvalue weighted by Crippen LogP contribution is -2.35. The number of amides is 1. The second-order valence-corrected chi connectivity index (χ2v) is 6.21. The quantitative estimate of drug-likeness (QED) is 0.894. The Balaban J connectivity index is 1.88. The predicted molar refractivity (Wildman–Crippen MR) is 80.2 cm³/mol. The molecule has 3 atom stereocenters. The molecule has 2 fully saturated rings. The largest absolute Gasteiger partial charge is 0.508 e. The molecule has 0 aromatic heterocycles. The van der Waals surface area contributed by atoms with Crippen LogP contribution in [0.1, 0.15) is 17.9 Å². The summed E-state index contributed by atoms with van der Waals surface area (Å²) in [6.07, 6.45) is 0.221. The number of carbonyl (C=O) groups excluding carboxylic acids is 1. The van der Waals surface area contributed by atoms with Gasteiger partial charge in [-0.1, -0.05) is 23.2 Å². The van der Waals surface area contributed by atoms with E-state index in [1.165, 1.54) is 6.07 Å². The average molecular weight is 331 g/mol. The fraction of sp³-hybridized carbons (Fsp3) is 0.500. The number of cyclic esters (lactones) is 1. The predicted octanol–water partition coefficient (Wildman–Crippen LogP) is 2.60. The molecule has 1 unspecified atom stereocenters. The molecule has 7 heteroatoms. The second kappa shape index (κ2) is 5.55. The Hall–Kier alpha value is -1.17. The molecule has 1 aromatic carbocycles. The third kappa shape index (κ3) is 2.43. The van der Waals surface area contributed by atoms with Gasteiger partial charge in [-0.2, -0.15) is 0 Å². The molecule has 0 aliphatic carbocycles. The molecule has 1 amide bonds. The number of hydrogen-bond donors (Lipinski definition) is 2. The second-order valence-electron chi connectivity index (χ2n) is 5.43. The van der Waals surface area contributed by atoms with Crippen LogP contribution >= 0.6 is 23.2 Å². The molecule has 1 aromatic rings. The number of halogens is 2. The number of phenolic OH excluding ortho intramolecular Hbond substituents is 1. The maximum atomic E-state index is 11.9. The maximum absolute atomic E-state index is 11.9. The van der Waals surface area contributed by atoms with Gasteiger partial charge >= 0.3 is 6.09 Å². The molecule has 3 rings (SSSR count). The van der Waals surface area contributed by atoms with E-state index in [0.29, 0.717) is 35.1 Å². The highest BCUT2D eigenvalue weighted by Gasteiger charge is 2.48. The zero-order valence-corrected chi connectivity index (χ0v) is 13.0. The Morgan fingerprint density at radius 2 is 2.24 bits per heavy atom. The molecule has 2 aliphatic rings. The van der Waals surface area contributed by atoms with Crippen LogP contribution in [0.25, 0.3) is 0 Å². The number of hydrogen-bond acceptors (Lipinski definition) is 4. The fourth-order valence-electron chi connectivity index (χ4n) is 3.24. The van der Waals surface area contributed by atoms with E-state index in [0.717, 1.165) is 0 Å². The van der Waals surface area contributed by atoms with Gasteiger partial charge in [-0.15, -0.1) is 0 Å². The van der Waals surface area contributed by atoms with Gasteiger partial charge in [0.25, 0.3) is 0 Å². The third-order valence-electron chi connectivity index (χ3n) is 4.18. The first-order chi connectivity index (χ1) is 10.0. The van der Waals surface area contributed by atoms with Gasteiger partial charge in [0.15, 0.2) is 0 Å². The summed E-state index contributed by atoms with van der Waals surface area (Å²) in [5.74, 6) is 0.0857. The van der Waals surface area contributed by atoms with E-state index in [-0.39, 0.29) is 29.9 Å². The first-order valence-electron chi connectivity index (χ1n) is 6.81. The first kappa shape index (κ1) is 14.8. The van der Waals surface area contributed by atoms with Crippen molar-refractivity contribution in [1.82, 2.24) is 10.2 Å². The molecule has 2 aliphatic heterocycles. The van der Waals surface area contributed by atoms with Crippen LogP contribution in [0.3, 0.4) is 0 Å². The minimum Gasteiger partial charge on any atom is -0.508 e. The van der Waals surface area contributed by atoms with Crippen LogP contribution in [0.5, 0.6) is 5.75 Å². The van der Waals surface area contributed by atoms with E-state index in [9.17, 15) is 9.90 Å². The summed E-state index contributed by atoms with van der Waals surface area (Å²) < 4.78 is 5.34. The molecular formula is C14H16Cl2N2O3. The third-order valence-corrected chi connectivity index (χ3v) is 5.00. The Bertz CT molecular complexity index is 582. The maximum Gasteiger partial charge on any atom is 0.410 e. The SMILES string of the molecule is CNCC1OC(=O)N2C[C@@H](c3c(O)ccc(Cl)c3Cl)C[C@@H]12. The highest BCUT2D eigenvalue weighted by Crippen LogP contribution is 2.45. The lowest BCUT2D eigenvalue weighted by molar-refractivity contribution is 0.125. The number of aromatic hydroxyl groups is 1. The summed E-state index contributed by atoms with van der Waals surface area (Å²) >= 11 is 12.3. The van der Waals surface area contributed by atoms with Gasteiger partial charge in [-0.25, -0.2) is 4.79 Å². The lowest BCUT2D eigenvalue weighted by Gasteiger charge is -2.17. The Morgan fingerprint density at radius 3 is 2.95 bits per heavy atom. The average Bonchev–Trinajstić information content (AvgIpc) is 2.98. The summed E-state index contributed by atoms with van der Waals surface area (Å²) in [5, 5.41) is 13.9. The molecule has 114 valence electrons. The van der Waals surface area contributed by atoms with Crippen LogP contribution in [0.2, 0.25) is 10.0 Å². The molecule has 0 radical (unpaired) electrons. The van der Waals surface area contributed by atoms with E-state index < -0.39 is 0 Å². The lowest BCUT2D eigenvalue weighted by atomic mass is 9.94. The number of phenols is 1. The van der Waals surface area contributed by atoms with E-state index in [2.05, 4.69) is 5.32 Å². The number of benzene rings is 1. The molecule has 21 heavy (non-hydrogen) atoms. The van der Waals surface area contributed by atoms with Crippen molar-refractivity contribution in [2.24, 2.45) is 0 Å². The van der Waals surface area contributed by atoms with Crippen LogP contribution < -0.4 is 5.32 Å². The van der Waals surface area contributed by atoms with Gasteiger partial charge in [0.1, 0.15) is 11.9 Å². The minimum absolute atomic E-state index is 0.00407. The summed E-state index contributed by atoms with van der Waals surface area (Å²) in [7, 11) is 1.82. The smallest absolute Gasteiger partial charge is 0.410 e. The molecular weight excluding hydrogens is 315 g/mol. The Morgan fingerprint density at radius 1 is 1.48 bits per heavy atom. The van der Waals surface area contributed by atoms with Crippen molar-refractivity contribution >= 4 is 29.3 Å². The van der Waals surface area contributed by atoms with Gasteiger partial charge in [-0.05, 0) is 25.6 Å². The van der Waals surface area contributed by atoms with Gasteiger partial charge in [-0.3, -0.25) is 0 Å². The van der Waals surface area contributed by atoms with Crippen LogP contribution in [0.4, 0.5) is 4.79 Å². The van der Waals surface area contributed by atoms with E-state index in [1.54, 1.807) is 11.0 Å². The van der Waals surface area contributed by atoms with E-state index >= 15 is 0 Å². The first-order valence-corrected chi connectivity index (χ1v) is 7.57. The van der Waals surface area contributed by atoms with Crippen molar-refractivity contribution < 1.29 is 14.6 Å². The molecule has 5 nitrogen and oxygen atoms in total. The van der Waals surface area contributed by atoms with Gasteiger partial charge < -0.3 is 20.1 Å². The normalized spacial score (nSPS) is 27.9. The summed E-state index contributed by atoms with van der Waals surface area (Å²) in [6.45, 7) is 1.09. The standard InChI is InChI=1S/C14H16Cl2N2O3/c1-17-5-11-9-4-7(6-18(9)14(20)21-11)12-10(19)3-2-8(15)13(12)16/h2-3,7,9,11,17,19H,4-6H2,1H3/t7-,9-,11?/m0/s1. The highest BCUT2D eigenvalue weighted by atomic mass is 35.5. The number of nitrogens with one attached hydrogen (secondary N) is 1. The minimum atomic E-state index is -0.305. The van der Waals surface area contributed by atoms with Crippen molar-refractivity contribution in [3.05, 3.63) is 27.7 Å². The molecule has 0 spiro atoms. The van der Waals surface area contributed by atoms with Crippen molar-refractivity contribution in [2.75, 3.05) is 20.1 Å². The molecule has 2 heterocycles.